The molecule has 0 radical (unpaired) electrons. The Labute approximate surface area is 130 Å². The van der Waals surface area contributed by atoms with Gasteiger partial charge in [-0.2, -0.15) is 0 Å². The van der Waals surface area contributed by atoms with E-state index in [4.69, 9.17) is 15.8 Å². The van der Waals surface area contributed by atoms with E-state index >= 15 is 0 Å². The smallest absolute Gasteiger partial charge is 0.338 e. The first-order chi connectivity index (χ1) is 11.3. The van der Waals surface area contributed by atoms with Crippen molar-refractivity contribution in [2.75, 3.05) is 6.73 Å². The van der Waals surface area contributed by atoms with Crippen LogP contribution in [0.3, 0.4) is 0 Å². The molecule has 0 aliphatic heterocycles. The molecule has 2 aromatic rings. The minimum atomic E-state index is -0.584. The molecule has 9 nitrogen and oxygen atoms in total. The molecule has 0 saturated heterocycles. The van der Waals surface area contributed by atoms with Crippen LogP contribution in [-0.2, 0) is 11.3 Å². The van der Waals surface area contributed by atoms with Crippen LogP contribution in [0.1, 0.15) is 15.9 Å². The minimum absolute atomic E-state index is 0.190. The van der Waals surface area contributed by atoms with Gasteiger partial charge in [0.2, 0.25) is 0 Å². The molecule has 0 saturated carbocycles. The van der Waals surface area contributed by atoms with Crippen molar-refractivity contribution in [1.82, 2.24) is 4.98 Å². The van der Waals surface area contributed by atoms with Crippen molar-refractivity contribution in [2.24, 2.45) is 10.2 Å². The fourth-order valence-electron chi connectivity index (χ4n) is 1.89. The van der Waals surface area contributed by atoms with Crippen LogP contribution in [0.4, 0.5) is 0 Å². The summed E-state index contributed by atoms with van der Waals surface area (Å²) in [5, 5.41) is 6.67. The lowest BCUT2D eigenvalue weighted by molar-refractivity contribution is 0.0515. The molecule has 0 amide bonds. The number of esters is 1. The molecule has 0 atom stereocenters. The van der Waals surface area contributed by atoms with E-state index < -0.39 is 5.97 Å². The molecule has 1 heterocycles. The normalized spacial score (nSPS) is 9.39. The standard InChI is InChI=1S/C14H11N7O2/c15-20-18-8-12-2-1-7-17-13(12)10-3-5-11(6-4-10)14(22)23-9-19-21-16/h1-7H,8-9H2. The van der Waals surface area contributed by atoms with Gasteiger partial charge in [-0.15, -0.1) is 0 Å². The van der Waals surface area contributed by atoms with E-state index in [0.29, 0.717) is 11.3 Å². The second kappa shape index (κ2) is 8.04. The largest absolute Gasteiger partial charge is 0.456 e. The number of carbonyl (C=O) groups excluding carboxylic acids is 1. The zero-order valence-corrected chi connectivity index (χ0v) is 11.9. The van der Waals surface area contributed by atoms with E-state index in [0.717, 1.165) is 11.1 Å². The van der Waals surface area contributed by atoms with E-state index in [2.05, 4.69) is 25.0 Å². The van der Waals surface area contributed by atoms with Crippen LogP contribution in [0.5, 0.6) is 0 Å². The fraction of sp³-hybridized carbons (Fsp3) is 0.143. The molecular formula is C14H11N7O2. The summed E-state index contributed by atoms with van der Waals surface area (Å²) in [7, 11) is 0. The molecule has 114 valence electrons. The number of nitrogens with zero attached hydrogens (tertiary/aromatic N) is 7. The third-order valence-electron chi connectivity index (χ3n) is 2.91. The molecule has 0 fully saturated rings. The fourth-order valence-corrected chi connectivity index (χ4v) is 1.89. The van der Waals surface area contributed by atoms with Gasteiger partial charge >= 0.3 is 5.97 Å². The average Bonchev–Trinajstić information content (AvgIpc) is 2.60. The minimum Gasteiger partial charge on any atom is -0.456 e. The van der Waals surface area contributed by atoms with Crippen molar-refractivity contribution >= 4 is 5.97 Å². The lowest BCUT2D eigenvalue weighted by Crippen LogP contribution is -2.04. The van der Waals surface area contributed by atoms with E-state index in [1.807, 2.05) is 6.07 Å². The van der Waals surface area contributed by atoms with E-state index in [1.165, 1.54) is 0 Å². The van der Waals surface area contributed by atoms with Crippen molar-refractivity contribution in [3.05, 3.63) is 74.6 Å². The van der Waals surface area contributed by atoms with Crippen LogP contribution >= 0.6 is 0 Å². The first-order valence-corrected chi connectivity index (χ1v) is 6.49. The van der Waals surface area contributed by atoms with Crippen LogP contribution in [-0.4, -0.2) is 17.7 Å². The van der Waals surface area contributed by atoms with Gasteiger partial charge in [-0.05, 0) is 34.8 Å². The van der Waals surface area contributed by atoms with Crippen LogP contribution in [0.25, 0.3) is 32.1 Å². The maximum atomic E-state index is 11.7. The summed E-state index contributed by atoms with van der Waals surface area (Å²) in [5.74, 6) is -0.584. The molecule has 0 bridgehead atoms. The maximum Gasteiger partial charge on any atom is 0.338 e. The highest BCUT2D eigenvalue weighted by Crippen LogP contribution is 2.22. The Kier molecular flexibility index (Phi) is 5.54. The molecule has 1 aromatic carbocycles. The number of benzene rings is 1. The molecule has 0 aliphatic rings. The van der Waals surface area contributed by atoms with Crippen molar-refractivity contribution in [3.8, 4) is 11.3 Å². The molecule has 2 rings (SSSR count). The van der Waals surface area contributed by atoms with Crippen LogP contribution in [0.2, 0.25) is 0 Å². The molecule has 0 spiro atoms. The maximum absolute atomic E-state index is 11.7. The Bertz CT molecular complexity index is 791. The number of azide groups is 2. The van der Waals surface area contributed by atoms with Crippen LogP contribution in [0.15, 0.2) is 52.8 Å². The molecule has 9 heteroatoms. The lowest BCUT2D eigenvalue weighted by atomic mass is 10.0. The zero-order chi connectivity index (χ0) is 16.5. The summed E-state index contributed by atoms with van der Waals surface area (Å²) >= 11 is 0. The van der Waals surface area contributed by atoms with Crippen molar-refractivity contribution in [1.29, 1.82) is 0 Å². The zero-order valence-electron chi connectivity index (χ0n) is 11.9. The number of carbonyl (C=O) groups is 1. The van der Waals surface area contributed by atoms with Gasteiger partial charge < -0.3 is 4.74 Å². The highest BCUT2D eigenvalue weighted by Gasteiger charge is 2.09. The summed E-state index contributed by atoms with van der Waals surface area (Å²) in [4.78, 5) is 21.2. The van der Waals surface area contributed by atoms with Crippen molar-refractivity contribution in [3.63, 3.8) is 0 Å². The van der Waals surface area contributed by atoms with Crippen molar-refractivity contribution in [2.45, 2.75) is 6.54 Å². The van der Waals surface area contributed by atoms with Gasteiger partial charge in [0.25, 0.3) is 0 Å². The summed E-state index contributed by atoms with van der Waals surface area (Å²) in [6.07, 6.45) is 1.64. The Morgan fingerprint density at radius 2 is 1.87 bits per heavy atom. The summed E-state index contributed by atoms with van der Waals surface area (Å²) in [6.45, 7) is -0.163. The highest BCUT2D eigenvalue weighted by molar-refractivity contribution is 5.90. The Hall–Kier alpha value is -3.54. The van der Waals surface area contributed by atoms with Gasteiger partial charge in [-0.25, -0.2) is 4.79 Å². The number of rotatable bonds is 6. The number of ether oxygens (including phenoxy) is 1. The van der Waals surface area contributed by atoms with Gasteiger partial charge in [0.05, 0.1) is 17.8 Å². The van der Waals surface area contributed by atoms with E-state index in [-0.39, 0.29) is 13.3 Å². The summed E-state index contributed by atoms with van der Waals surface area (Å²) in [5.41, 5.74) is 19.1. The Morgan fingerprint density at radius 1 is 1.13 bits per heavy atom. The number of aromatic nitrogens is 1. The molecule has 1 aromatic heterocycles. The number of hydrogen-bond acceptors (Lipinski definition) is 5. The topological polar surface area (TPSA) is 137 Å². The molecular weight excluding hydrogens is 298 g/mol. The Morgan fingerprint density at radius 3 is 2.57 bits per heavy atom. The third kappa shape index (κ3) is 4.21. The molecule has 23 heavy (non-hydrogen) atoms. The molecule has 0 unspecified atom stereocenters. The highest BCUT2D eigenvalue weighted by atomic mass is 16.5. The van der Waals surface area contributed by atoms with Crippen LogP contribution in [0, 0.1) is 0 Å². The monoisotopic (exact) mass is 309 g/mol. The van der Waals surface area contributed by atoms with E-state index in [9.17, 15) is 4.79 Å². The molecule has 0 N–H and O–H groups in total. The third-order valence-corrected chi connectivity index (χ3v) is 2.91. The van der Waals surface area contributed by atoms with Crippen LogP contribution < -0.4 is 0 Å². The van der Waals surface area contributed by atoms with Gasteiger partial charge in [0.1, 0.15) is 0 Å². The molecule has 0 aliphatic carbocycles. The number of pyridine rings is 1. The van der Waals surface area contributed by atoms with E-state index in [1.54, 1.807) is 36.5 Å². The van der Waals surface area contributed by atoms with Gasteiger partial charge in [-0.3, -0.25) is 4.98 Å². The van der Waals surface area contributed by atoms with Crippen molar-refractivity contribution < 1.29 is 9.53 Å². The predicted octanol–water partition coefficient (Wildman–Crippen LogP) is 3.98. The average molecular weight is 309 g/mol. The van der Waals surface area contributed by atoms with Gasteiger partial charge in [0, 0.05) is 21.6 Å². The second-order valence-corrected chi connectivity index (χ2v) is 4.27. The predicted molar refractivity (Wildman–Crippen MR) is 82.0 cm³/mol. The van der Waals surface area contributed by atoms with Gasteiger partial charge in [0.15, 0.2) is 6.73 Å². The number of hydrogen-bond donors (Lipinski definition) is 0. The van der Waals surface area contributed by atoms with Gasteiger partial charge in [-0.1, -0.05) is 28.4 Å². The second-order valence-electron chi connectivity index (χ2n) is 4.27. The summed E-state index contributed by atoms with van der Waals surface area (Å²) in [6, 6.07) is 10.2. The quantitative estimate of drug-likeness (QED) is 0.345. The SMILES string of the molecule is [N-]=[N+]=NCOC(=O)c1ccc(-c2ncccc2CN=[N+]=[N-])cc1. The summed E-state index contributed by atoms with van der Waals surface area (Å²) < 4.78 is 4.76. The first-order valence-electron chi connectivity index (χ1n) is 6.49. The first kappa shape index (κ1) is 15.8. The Balaban J connectivity index is 2.21. The lowest BCUT2D eigenvalue weighted by Gasteiger charge is -2.07.